The molecular formula is C17H17BrCl2N4O3. The Kier molecular flexibility index (Phi) is 6.29. The molecule has 0 unspecified atom stereocenters. The van der Waals surface area contributed by atoms with E-state index in [2.05, 4.69) is 25.9 Å². The fourth-order valence-electron chi connectivity index (χ4n) is 2.81. The van der Waals surface area contributed by atoms with E-state index >= 15 is 0 Å². The molecule has 27 heavy (non-hydrogen) atoms. The molecule has 2 aromatic rings. The van der Waals surface area contributed by atoms with Crippen molar-refractivity contribution in [2.75, 3.05) is 24.8 Å². The van der Waals surface area contributed by atoms with Gasteiger partial charge in [-0.1, -0.05) is 11.6 Å². The van der Waals surface area contributed by atoms with Gasteiger partial charge in [-0.3, -0.25) is 4.90 Å². The van der Waals surface area contributed by atoms with Crippen LogP contribution in [0.4, 0.5) is 10.7 Å². The van der Waals surface area contributed by atoms with Gasteiger partial charge in [-0.25, -0.2) is 14.8 Å². The number of amides is 1. The smallest absolute Gasteiger partial charge is 0.410 e. The fraction of sp³-hybridized carbons (Fsp3) is 0.353. The third kappa shape index (κ3) is 4.23. The maximum absolute atomic E-state index is 12.1. The van der Waals surface area contributed by atoms with Gasteiger partial charge in [-0.05, 0) is 35.0 Å². The molecule has 0 atom stereocenters. The number of carbonyl (C=O) groups excluding carboxylic acids is 1. The lowest BCUT2D eigenvalue weighted by Crippen LogP contribution is -2.26. The molecule has 10 heteroatoms. The van der Waals surface area contributed by atoms with Crippen LogP contribution in [-0.2, 0) is 17.8 Å². The second-order valence-electron chi connectivity index (χ2n) is 5.71. The lowest BCUT2D eigenvalue weighted by atomic mass is 10.1. The first-order chi connectivity index (χ1) is 12.9. The Balaban J connectivity index is 2.03. The van der Waals surface area contributed by atoms with Crippen LogP contribution in [-0.4, -0.2) is 40.1 Å². The maximum Gasteiger partial charge on any atom is 0.410 e. The minimum Gasteiger partial charge on any atom is -0.491 e. The number of carbonyl (C=O) groups is 1. The van der Waals surface area contributed by atoms with Crippen LogP contribution in [0.5, 0.6) is 5.75 Å². The molecule has 0 radical (unpaired) electrons. The monoisotopic (exact) mass is 474 g/mol. The van der Waals surface area contributed by atoms with E-state index in [4.69, 9.17) is 38.4 Å². The Morgan fingerprint density at radius 3 is 2.85 bits per heavy atom. The van der Waals surface area contributed by atoms with E-state index in [-0.39, 0.29) is 5.95 Å². The average molecular weight is 476 g/mol. The van der Waals surface area contributed by atoms with Crippen LogP contribution in [0.25, 0.3) is 11.3 Å². The Bertz CT molecular complexity index is 882. The normalized spacial score (nSPS) is 12.8. The summed E-state index contributed by atoms with van der Waals surface area (Å²) in [6.45, 7) is 3.02. The van der Waals surface area contributed by atoms with Crippen molar-refractivity contribution in [3.05, 3.63) is 32.9 Å². The summed E-state index contributed by atoms with van der Waals surface area (Å²) in [5.74, 6) is 1.05. The molecule has 1 aliphatic heterocycles. The molecule has 2 N–H and O–H groups in total. The molecule has 0 saturated carbocycles. The summed E-state index contributed by atoms with van der Waals surface area (Å²) in [6, 6.07) is 3.50. The Morgan fingerprint density at radius 2 is 2.15 bits per heavy atom. The van der Waals surface area contributed by atoms with Crippen molar-refractivity contribution in [2.45, 2.75) is 20.0 Å². The number of benzene rings is 1. The molecule has 7 nitrogen and oxygen atoms in total. The van der Waals surface area contributed by atoms with Crippen molar-refractivity contribution in [1.29, 1.82) is 0 Å². The molecule has 1 aromatic heterocycles. The number of fused-ring (bicyclic) bond motifs is 1. The zero-order valence-electron chi connectivity index (χ0n) is 14.5. The van der Waals surface area contributed by atoms with Crippen LogP contribution in [0.1, 0.15) is 18.2 Å². The molecule has 3 rings (SSSR count). The summed E-state index contributed by atoms with van der Waals surface area (Å²) >= 11 is 15.6. The number of hydrogen-bond acceptors (Lipinski definition) is 6. The summed E-state index contributed by atoms with van der Waals surface area (Å²) in [5, 5.41) is 0.468. The van der Waals surface area contributed by atoms with Gasteiger partial charge in [0.05, 0.1) is 46.5 Å². The highest BCUT2D eigenvalue weighted by Crippen LogP contribution is 2.40. The van der Waals surface area contributed by atoms with Crippen molar-refractivity contribution in [2.24, 2.45) is 0 Å². The molecule has 0 fully saturated rings. The van der Waals surface area contributed by atoms with Crippen molar-refractivity contribution in [3.63, 3.8) is 0 Å². The minimum absolute atomic E-state index is 0.108. The van der Waals surface area contributed by atoms with Gasteiger partial charge in [-0.15, -0.1) is 11.6 Å². The Morgan fingerprint density at radius 1 is 1.37 bits per heavy atom. The second kappa shape index (κ2) is 8.50. The SMILES string of the molecule is CCOC(=O)N1Cc2nc(N)nc(-c3cc(OCCCl)c(Br)cc3Cl)c2C1. The summed E-state index contributed by atoms with van der Waals surface area (Å²) in [5.41, 5.74) is 8.55. The Hall–Kier alpha value is -1.77. The number of hydrogen-bond donors (Lipinski definition) is 1. The largest absolute Gasteiger partial charge is 0.491 e. The second-order valence-corrected chi connectivity index (χ2v) is 7.35. The molecule has 0 saturated heterocycles. The number of rotatable bonds is 5. The van der Waals surface area contributed by atoms with Gasteiger partial charge in [0.2, 0.25) is 5.95 Å². The van der Waals surface area contributed by atoms with E-state index in [0.29, 0.717) is 64.4 Å². The number of nitrogens with two attached hydrogens (primary N) is 1. The number of nitrogens with zero attached hydrogens (tertiary/aromatic N) is 3. The van der Waals surface area contributed by atoms with Gasteiger partial charge in [-0.2, -0.15) is 0 Å². The molecule has 2 heterocycles. The number of nitrogen functional groups attached to an aromatic ring is 1. The number of ether oxygens (including phenoxy) is 2. The van der Waals surface area contributed by atoms with E-state index in [1.807, 2.05) is 0 Å². The molecule has 1 aliphatic rings. The number of alkyl halides is 1. The highest BCUT2D eigenvalue weighted by Gasteiger charge is 2.30. The van der Waals surface area contributed by atoms with Gasteiger partial charge >= 0.3 is 6.09 Å². The highest BCUT2D eigenvalue weighted by molar-refractivity contribution is 9.10. The van der Waals surface area contributed by atoms with Crippen LogP contribution in [0, 0.1) is 0 Å². The van der Waals surface area contributed by atoms with E-state index in [0.717, 1.165) is 5.56 Å². The summed E-state index contributed by atoms with van der Waals surface area (Å²) in [4.78, 5) is 22.3. The molecule has 0 aliphatic carbocycles. The maximum atomic E-state index is 12.1. The quantitative estimate of drug-likeness (QED) is 0.650. The molecule has 1 aromatic carbocycles. The summed E-state index contributed by atoms with van der Waals surface area (Å²) in [6.07, 6.45) is -0.409. The zero-order valence-corrected chi connectivity index (χ0v) is 17.6. The molecule has 0 bridgehead atoms. The van der Waals surface area contributed by atoms with Crippen LogP contribution in [0.3, 0.4) is 0 Å². The third-order valence-corrected chi connectivity index (χ3v) is 5.02. The first-order valence-electron chi connectivity index (χ1n) is 8.19. The van der Waals surface area contributed by atoms with E-state index in [9.17, 15) is 4.79 Å². The number of halogens is 3. The number of aromatic nitrogens is 2. The van der Waals surface area contributed by atoms with Crippen molar-refractivity contribution in [1.82, 2.24) is 14.9 Å². The summed E-state index contributed by atoms with van der Waals surface area (Å²) in [7, 11) is 0. The van der Waals surface area contributed by atoms with E-state index < -0.39 is 6.09 Å². The van der Waals surface area contributed by atoms with Gasteiger partial charge in [0, 0.05) is 11.1 Å². The van der Waals surface area contributed by atoms with Gasteiger partial charge in [0.1, 0.15) is 12.4 Å². The van der Waals surface area contributed by atoms with Crippen LogP contribution in [0.2, 0.25) is 5.02 Å². The first kappa shape index (κ1) is 20.0. The van der Waals surface area contributed by atoms with Gasteiger partial charge in [0.15, 0.2) is 0 Å². The molecule has 0 spiro atoms. The van der Waals surface area contributed by atoms with Crippen LogP contribution in [0.15, 0.2) is 16.6 Å². The van der Waals surface area contributed by atoms with Crippen molar-refractivity contribution in [3.8, 4) is 17.0 Å². The minimum atomic E-state index is -0.409. The number of anilines is 1. The van der Waals surface area contributed by atoms with E-state index in [1.54, 1.807) is 24.0 Å². The van der Waals surface area contributed by atoms with Gasteiger partial charge in [0.25, 0.3) is 0 Å². The summed E-state index contributed by atoms with van der Waals surface area (Å²) < 4.78 is 11.4. The first-order valence-corrected chi connectivity index (χ1v) is 9.90. The molecule has 144 valence electrons. The van der Waals surface area contributed by atoms with Gasteiger partial charge < -0.3 is 15.2 Å². The zero-order chi connectivity index (χ0) is 19.6. The van der Waals surface area contributed by atoms with Crippen molar-refractivity contribution < 1.29 is 14.3 Å². The van der Waals surface area contributed by atoms with Crippen LogP contribution >= 0.6 is 39.1 Å². The highest BCUT2D eigenvalue weighted by atomic mass is 79.9. The average Bonchev–Trinajstić information content (AvgIpc) is 3.05. The Labute approximate surface area is 174 Å². The molecule has 1 amide bonds. The standard InChI is InChI=1S/C17H17BrCl2N4O3/c1-2-26-17(25)24-7-10-13(8-24)22-16(21)23-15(10)9-5-14(27-4-3-19)11(18)6-12(9)20/h5-6H,2-4,7-8H2,1H3,(H2,21,22,23). The predicted octanol–water partition coefficient (Wildman–Crippen LogP) is 4.23. The predicted molar refractivity (Wildman–Crippen MR) is 107 cm³/mol. The molecular weight excluding hydrogens is 459 g/mol. The third-order valence-electron chi connectivity index (χ3n) is 3.94. The lowest BCUT2D eigenvalue weighted by Gasteiger charge is -2.15. The van der Waals surface area contributed by atoms with Crippen molar-refractivity contribution >= 4 is 51.2 Å². The van der Waals surface area contributed by atoms with Crippen LogP contribution < -0.4 is 10.5 Å². The van der Waals surface area contributed by atoms with E-state index in [1.165, 1.54) is 0 Å². The lowest BCUT2D eigenvalue weighted by molar-refractivity contribution is 0.106. The topological polar surface area (TPSA) is 90.6 Å². The fourth-order valence-corrected chi connectivity index (χ4v) is 3.73.